The van der Waals surface area contributed by atoms with E-state index in [4.69, 9.17) is 0 Å². The van der Waals surface area contributed by atoms with Crippen LogP contribution in [0.15, 0.2) is 42.6 Å². The first-order chi connectivity index (χ1) is 10.3. The number of nitrogens with zero attached hydrogens (tertiary/aromatic N) is 3. The third-order valence-corrected chi connectivity index (χ3v) is 3.32. The van der Waals surface area contributed by atoms with E-state index in [2.05, 4.69) is 15.5 Å². The molecule has 108 valence electrons. The highest BCUT2D eigenvalue weighted by Crippen LogP contribution is 2.27. The number of para-hydroxylation sites is 1. The van der Waals surface area contributed by atoms with Crippen molar-refractivity contribution in [3.8, 4) is 11.5 Å². The molecule has 6 nitrogen and oxygen atoms in total. The lowest BCUT2D eigenvalue weighted by Crippen LogP contribution is -2.17. The molecule has 6 heteroatoms. The van der Waals surface area contributed by atoms with E-state index in [0.29, 0.717) is 18.7 Å². The molecule has 2 aromatic heterocycles. The van der Waals surface area contributed by atoms with E-state index in [1.807, 2.05) is 28.8 Å². The van der Waals surface area contributed by atoms with Gasteiger partial charge in [-0.3, -0.25) is 4.40 Å². The van der Waals surface area contributed by atoms with Crippen LogP contribution < -0.4 is 5.32 Å². The number of benzene rings is 1. The minimum atomic E-state index is -0.0993. The van der Waals surface area contributed by atoms with Crippen LogP contribution in [0.1, 0.15) is 11.4 Å². The van der Waals surface area contributed by atoms with E-state index in [-0.39, 0.29) is 11.5 Å². The quantitative estimate of drug-likeness (QED) is 0.488. The van der Waals surface area contributed by atoms with Crippen molar-refractivity contribution in [2.75, 3.05) is 6.54 Å². The molecule has 0 radical (unpaired) electrons. The second kappa shape index (κ2) is 5.80. The summed E-state index contributed by atoms with van der Waals surface area (Å²) in [6.07, 6.45) is 2.66. The fourth-order valence-corrected chi connectivity index (χ4v) is 2.21. The Morgan fingerprint density at radius 1 is 1.05 bits per heavy atom. The summed E-state index contributed by atoms with van der Waals surface area (Å²) < 4.78 is 1.95. The Hall–Kier alpha value is -2.60. The molecule has 0 amide bonds. The average Bonchev–Trinajstić information content (AvgIpc) is 2.91. The summed E-state index contributed by atoms with van der Waals surface area (Å²) in [6, 6.07) is 10.7. The van der Waals surface area contributed by atoms with Gasteiger partial charge in [-0.25, -0.2) is 0 Å². The Bertz CT molecular complexity index is 754. The van der Waals surface area contributed by atoms with Crippen molar-refractivity contribution >= 4 is 5.65 Å². The van der Waals surface area contributed by atoms with Crippen molar-refractivity contribution in [2.45, 2.75) is 13.0 Å². The molecule has 0 unspecified atom stereocenters. The maximum absolute atomic E-state index is 9.71. The van der Waals surface area contributed by atoms with Gasteiger partial charge in [0.05, 0.1) is 0 Å². The van der Waals surface area contributed by atoms with Gasteiger partial charge in [-0.2, -0.15) is 0 Å². The van der Waals surface area contributed by atoms with Crippen LogP contribution in [0.5, 0.6) is 11.5 Å². The van der Waals surface area contributed by atoms with Crippen LogP contribution in [0.2, 0.25) is 0 Å². The van der Waals surface area contributed by atoms with Gasteiger partial charge in [0.25, 0.3) is 0 Å². The number of pyridine rings is 1. The molecule has 0 bridgehead atoms. The Balaban J connectivity index is 1.58. The van der Waals surface area contributed by atoms with E-state index in [1.54, 1.807) is 12.1 Å². The summed E-state index contributed by atoms with van der Waals surface area (Å²) in [5.74, 6) is 0.717. The minimum absolute atomic E-state index is 0.0714. The predicted octanol–water partition coefficient (Wildman–Crippen LogP) is 1.47. The van der Waals surface area contributed by atoms with Crippen LogP contribution in [0.3, 0.4) is 0 Å². The number of rotatable bonds is 5. The van der Waals surface area contributed by atoms with Gasteiger partial charge in [0.2, 0.25) is 0 Å². The highest BCUT2D eigenvalue weighted by atomic mass is 16.3. The van der Waals surface area contributed by atoms with Gasteiger partial charge in [0, 0.05) is 31.3 Å². The maximum atomic E-state index is 9.71. The fourth-order valence-electron chi connectivity index (χ4n) is 2.21. The molecule has 0 aliphatic heterocycles. The molecule has 0 aliphatic carbocycles. The number of phenolic OH excluding ortho intramolecular Hbond substituents is 2. The Labute approximate surface area is 121 Å². The average molecular weight is 284 g/mol. The maximum Gasteiger partial charge on any atom is 0.161 e. The number of nitrogens with one attached hydrogen (secondary N) is 1. The van der Waals surface area contributed by atoms with E-state index < -0.39 is 0 Å². The van der Waals surface area contributed by atoms with E-state index in [0.717, 1.165) is 17.9 Å². The van der Waals surface area contributed by atoms with Crippen molar-refractivity contribution in [3.05, 3.63) is 54.0 Å². The Morgan fingerprint density at radius 3 is 2.86 bits per heavy atom. The van der Waals surface area contributed by atoms with Crippen molar-refractivity contribution in [1.82, 2.24) is 19.9 Å². The zero-order chi connectivity index (χ0) is 14.7. The number of hydrogen-bond donors (Lipinski definition) is 3. The van der Waals surface area contributed by atoms with Gasteiger partial charge in [-0.1, -0.05) is 18.2 Å². The number of fused-ring (bicyclic) bond motifs is 1. The molecule has 0 saturated carbocycles. The SMILES string of the molecule is Oc1cccc(CNCCc2nnc3ccccn23)c1O. The van der Waals surface area contributed by atoms with E-state index in [9.17, 15) is 10.2 Å². The molecule has 0 saturated heterocycles. The molecule has 0 aliphatic rings. The number of aromatic hydroxyl groups is 2. The largest absolute Gasteiger partial charge is 0.504 e. The van der Waals surface area contributed by atoms with Crippen molar-refractivity contribution in [2.24, 2.45) is 0 Å². The molecular formula is C15H16N4O2. The molecule has 2 heterocycles. The molecule has 0 atom stereocenters. The van der Waals surface area contributed by atoms with Crippen LogP contribution in [-0.4, -0.2) is 31.4 Å². The highest BCUT2D eigenvalue weighted by molar-refractivity contribution is 5.44. The Kier molecular flexibility index (Phi) is 3.70. The molecule has 1 aromatic carbocycles. The zero-order valence-electron chi connectivity index (χ0n) is 11.4. The van der Waals surface area contributed by atoms with Gasteiger partial charge in [-0.05, 0) is 18.2 Å². The summed E-state index contributed by atoms with van der Waals surface area (Å²) in [4.78, 5) is 0. The highest BCUT2D eigenvalue weighted by Gasteiger charge is 2.06. The lowest BCUT2D eigenvalue weighted by atomic mass is 10.2. The van der Waals surface area contributed by atoms with Crippen LogP contribution in [0.25, 0.3) is 5.65 Å². The summed E-state index contributed by atoms with van der Waals surface area (Å²) in [7, 11) is 0. The first-order valence-corrected chi connectivity index (χ1v) is 6.75. The van der Waals surface area contributed by atoms with E-state index >= 15 is 0 Å². The molecule has 0 fully saturated rings. The fraction of sp³-hybridized carbons (Fsp3) is 0.200. The van der Waals surface area contributed by atoms with Gasteiger partial charge in [0.15, 0.2) is 17.1 Å². The summed E-state index contributed by atoms with van der Waals surface area (Å²) >= 11 is 0. The lowest BCUT2D eigenvalue weighted by molar-refractivity contribution is 0.398. The topological polar surface area (TPSA) is 82.7 Å². The van der Waals surface area contributed by atoms with Crippen LogP contribution >= 0.6 is 0 Å². The monoisotopic (exact) mass is 284 g/mol. The zero-order valence-corrected chi connectivity index (χ0v) is 11.4. The molecule has 21 heavy (non-hydrogen) atoms. The first kappa shape index (κ1) is 13.4. The second-order valence-corrected chi connectivity index (χ2v) is 4.76. The number of hydrogen-bond acceptors (Lipinski definition) is 5. The minimum Gasteiger partial charge on any atom is -0.504 e. The van der Waals surface area contributed by atoms with Gasteiger partial charge in [0.1, 0.15) is 5.82 Å². The summed E-state index contributed by atoms with van der Waals surface area (Å²) in [5.41, 5.74) is 1.50. The third-order valence-electron chi connectivity index (χ3n) is 3.32. The van der Waals surface area contributed by atoms with Crippen molar-refractivity contribution in [1.29, 1.82) is 0 Å². The molecule has 3 rings (SSSR count). The second-order valence-electron chi connectivity index (χ2n) is 4.76. The lowest BCUT2D eigenvalue weighted by Gasteiger charge is -2.07. The van der Waals surface area contributed by atoms with E-state index in [1.165, 1.54) is 6.07 Å². The van der Waals surface area contributed by atoms with Crippen LogP contribution in [-0.2, 0) is 13.0 Å². The van der Waals surface area contributed by atoms with Crippen molar-refractivity contribution in [3.63, 3.8) is 0 Å². The summed E-state index contributed by atoms with van der Waals surface area (Å²) in [6.45, 7) is 1.18. The normalized spacial score (nSPS) is 11.0. The van der Waals surface area contributed by atoms with Crippen LogP contribution in [0.4, 0.5) is 0 Å². The van der Waals surface area contributed by atoms with Gasteiger partial charge < -0.3 is 15.5 Å². The molecule has 3 aromatic rings. The first-order valence-electron chi connectivity index (χ1n) is 6.75. The smallest absolute Gasteiger partial charge is 0.161 e. The van der Waals surface area contributed by atoms with Crippen molar-refractivity contribution < 1.29 is 10.2 Å². The predicted molar refractivity (Wildman–Crippen MR) is 78.2 cm³/mol. The molecular weight excluding hydrogens is 268 g/mol. The number of aromatic nitrogens is 3. The third kappa shape index (κ3) is 2.80. The van der Waals surface area contributed by atoms with Gasteiger partial charge in [-0.15, -0.1) is 10.2 Å². The Morgan fingerprint density at radius 2 is 1.95 bits per heavy atom. The summed E-state index contributed by atoms with van der Waals surface area (Å²) in [5, 5.41) is 30.6. The molecule has 3 N–H and O–H groups in total. The van der Waals surface area contributed by atoms with Crippen LogP contribution in [0, 0.1) is 0 Å². The van der Waals surface area contributed by atoms with Gasteiger partial charge >= 0.3 is 0 Å². The molecule has 0 spiro atoms. The standard InChI is InChI=1S/C15H16N4O2/c20-12-5-3-4-11(15(12)21)10-16-8-7-14-18-17-13-6-1-2-9-19(13)14/h1-6,9,16,20-21H,7-8,10H2. The number of phenols is 2.